The van der Waals surface area contributed by atoms with Crippen molar-refractivity contribution in [3.8, 4) is 0 Å². The first-order valence-electron chi connectivity index (χ1n) is 6.53. The molecule has 0 bridgehead atoms. The van der Waals surface area contributed by atoms with E-state index in [0.717, 1.165) is 16.3 Å². The largest absolute Gasteiger partial charge is 0.358 e. The summed E-state index contributed by atoms with van der Waals surface area (Å²) in [6.07, 6.45) is 2.07. The zero-order valence-electron chi connectivity index (χ0n) is 11.9. The Labute approximate surface area is 140 Å². The molecule has 2 aromatic rings. The molecule has 110 valence electrons. The topological polar surface area (TPSA) is 24.1 Å². The molecule has 0 spiro atoms. The smallest absolute Gasteiger partial charge is 0.171 e. The molecule has 0 unspecified atom stereocenters. The number of thioether (sulfide) groups is 1. The van der Waals surface area contributed by atoms with Crippen LogP contribution in [0.4, 0.5) is 5.69 Å². The summed E-state index contributed by atoms with van der Waals surface area (Å²) in [5.74, 6) is 0. The van der Waals surface area contributed by atoms with Crippen molar-refractivity contribution in [2.75, 3.05) is 11.6 Å². The molecule has 2 nitrogen and oxygen atoms in total. The van der Waals surface area contributed by atoms with Gasteiger partial charge in [0, 0.05) is 22.2 Å². The van der Waals surface area contributed by atoms with Gasteiger partial charge >= 0.3 is 0 Å². The SMILES string of the molecule is CSc1ccc(CNC(=S)Nc2cccc(Cl)c2C)cc1. The van der Waals surface area contributed by atoms with Gasteiger partial charge in [-0.1, -0.05) is 29.8 Å². The zero-order chi connectivity index (χ0) is 15.2. The fourth-order valence-corrected chi connectivity index (χ4v) is 2.60. The highest BCUT2D eigenvalue weighted by atomic mass is 35.5. The van der Waals surface area contributed by atoms with E-state index in [1.807, 2.05) is 25.1 Å². The van der Waals surface area contributed by atoms with E-state index in [1.165, 1.54) is 10.5 Å². The molecular formula is C16H17ClN2S2. The van der Waals surface area contributed by atoms with Crippen molar-refractivity contribution in [1.82, 2.24) is 5.32 Å². The van der Waals surface area contributed by atoms with E-state index in [9.17, 15) is 0 Å². The third kappa shape index (κ3) is 4.63. The average molecular weight is 337 g/mol. The van der Waals surface area contributed by atoms with Gasteiger partial charge in [0.05, 0.1) is 0 Å². The van der Waals surface area contributed by atoms with Crippen molar-refractivity contribution < 1.29 is 0 Å². The second-order valence-electron chi connectivity index (χ2n) is 4.57. The second kappa shape index (κ2) is 7.69. The number of anilines is 1. The summed E-state index contributed by atoms with van der Waals surface area (Å²) < 4.78 is 0. The first kappa shape index (κ1) is 16.1. The number of thiocarbonyl (C=S) groups is 1. The number of hydrogen-bond donors (Lipinski definition) is 2. The second-order valence-corrected chi connectivity index (χ2v) is 6.26. The maximum absolute atomic E-state index is 6.09. The molecule has 0 saturated carbocycles. The van der Waals surface area contributed by atoms with Gasteiger partial charge in [0.25, 0.3) is 0 Å². The van der Waals surface area contributed by atoms with Gasteiger partial charge in [0.15, 0.2) is 5.11 Å². The lowest BCUT2D eigenvalue weighted by molar-refractivity contribution is 0.923. The van der Waals surface area contributed by atoms with Crippen molar-refractivity contribution in [2.45, 2.75) is 18.4 Å². The summed E-state index contributed by atoms with van der Waals surface area (Å²) in [6, 6.07) is 14.2. The van der Waals surface area contributed by atoms with E-state index < -0.39 is 0 Å². The number of nitrogens with one attached hydrogen (secondary N) is 2. The van der Waals surface area contributed by atoms with Gasteiger partial charge in [0.2, 0.25) is 0 Å². The quantitative estimate of drug-likeness (QED) is 0.615. The molecule has 0 radical (unpaired) electrons. The monoisotopic (exact) mass is 336 g/mol. The lowest BCUT2D eigenvalue weighted by Crippen LogP contribution is -2.28. The van der Waals surface area contributed by atoms with Crippen LogP contribution in [0.25, 0.3) is 0 Å². The maximum Gasteiger partial charge on any atom is 0.171 e. The van der Waals surface area contributed by atoms with Crippen LogP contribution in [0.2, 0.25) is 5.02 Å². The molecule has 0 aromatic heterocycles. The molecule has 0 fully saturated rings. The van der Waals surface area contributed by atoms with Gasteiger partial charge in [-0.2, -0.15) is 0 Å². The molecular weight excluding hydrogens is 320 g/mol. The third-order valence-electron chi connectivity index (χ3n) is 3.13. The van der Waals surface area contributed by atoms with E-state index in [-0.39, 0.29) is 0 Å². The molecule has 21 heavy (non-hydrogen) atoms. The Balaban J connectivity index is 1.91. The maximum atomic E-state index is 6.09. The summed E-state index contributed by atoms with van der Waals surface area (Å²) in [5, 5.41) is 7.70. The Hall–Kier alpha value is -1.23. The van der Waals surface area contributed by atoms with Gasteiger partial charge in [-0.3, -0.25) is 0 Å². The van der Waals surface area contributed by atoms with Crippen molar-refractivity contribution in [3.63, 3.8) is 0 Å². The first-order valence-corrected chi connectivity index (χ1v) is 8.54. The molecule has 0 amide bonds. The van der Waals surface area contributed by atoms with Crippen LogP contribution in [0.15, 0.2) is 47.4 Å². The standard InChI is InChI=1S/C16H17ClN2S2/c1-11-14(17)4-3-5-15(11)19-16(20)18-10-12-6-8-13(21-2)9-7-12/h3-9H,10H2,1-2H3,(H2,18,19,20). The molecule has 0 aliphatic rings. The fraction of sp³-hybridized carbons (Fsp3) is 0.188. The number of halogens is 1. The molecule has 0 aliphatic carbocycles. The van der Waals surface area contributed by atoms with Crippen LogP contribution in [0.3, 0.4) is 0 Å². The van der Waals surface area contributed by atoms with E-state index >= 15 is 0 Å². The minimum Gasteiger partial charge on any atom is -0.358 e. The number of benzene rings is 2. The molecule has 5 heteroatoms. The highest BCUT2D eigenvalue weighted by Gasteiger charge is 2.04. The van der Waals surface area contributed by atoms with Crippen molar-refractivity contribution in [3.05, 3.63) is 58.6 Å². The summed E-state index contributed by atoms with van der Waals surface area (Å²) in [7, 11) is 0. The molecule has 2 rings (SSSR count). The lowest BCUT2D eigenvalue weighted by Gasteiger charge is -2.13. The molecule has 2 aromatic carbocycles. The molecule has 0 saturated heterocycles. The van der Waals surface area contributed by atoms with Crippen molar-refractivity contribution >= 4 is 46.4 Å². The van der Waals surface area contributed by atoms with Crippen LogP contribution in [0.1, 0.15) is 11.1 Å². The van der Waals surface area contributed by atoms with Gasteiger partial charge in [-0.05, 0) is 60.8 Å². The van der Waals surface area contributed by atoms with Crippen LogP contribution < -0.4 is 10.6 Å². The van der Waals surface area contributed by atoms with E-state index in [1.54, 1.807) is 11.8 Å². The molecule has 0 atom stereocenters. The van der Waals surface area contributed by atoms with Crippen LogP contribution in [0, 0.1) is 6.92 Å². The normalized spacial score (nSPS) is 10.2. The Morgan fingerprint density at radius 1 is 1.19 bits per heavy atom. The summed E-state index contributed by atoms with van der Waals surface area (Å²) in [4.78, 5) is 1.26. The van der Waals surface area contributed by atoms with E-state index in [2.05, 4.69) is 41.2 Å². The van der Waals surface area contributed by atoms with Crippen LogP contribution in [-0.2, 0) is 6.54 Å². The first-order chi connectivity index (χ1) is 10.1. The number of hydrogen-bond acceptors (Lipinski definition) is 2. The van der Waals surface area contributed by atoms with Crippen LogP contribution >= 0.6 is 35.6 Å². The summed E-state index contributed by atoms with van der Waals surface area (Å²) in [5.41, 5.74) is 3.12. The number of rotatable bonds is 4. The third-order valence-corrected chi connectivity index (χ3v) is 4.53. The van der Waals surface area contributed by atoms with Crippen molar-refractivity contribution in [1.29, 1.82) is 0 Å². The van der Waals surface area contributed by atoms with Gasteiger partial charge in [-0.25, -0.2) is 0 Å². The minimum atomic E-state index is 0.592. The molecule has 0 heterocycles. The van der Waals surface area contributed by atoms with Gasteiger partial charge in [0.1, 0.15) is 0 Å². The Morgan fingerprint density at radius 3 is 2.57 bits per heavy atom. The predicted molar refractivity (Wildman–Crippen MR) is 97.5 cm³/mol. The van der Waals surface area contributed by atoms with Crippen molar-refractivity contribution in [2.24, 2.45) is 0 Å². The summed E-state index contributed by atoms with van der Waals surface area (Å²) >= 11 is 13.1. The lowest BCUT2D eigenvalue weighted by atomic mass is 10.2. The van der Waals surface area contributed by atoms with Crippen LogP contribution in [0.5, 0.6) is 0 Å². The Kier molecular flexibility index (Phi) is 5.91. The Bertz CT molecular complexity index is 627. The average Bonchev–Trinajstić information content (AvgIpc) is 2.50. The van der Waals surface area contributed by atoms with Gasteiger partial charge in [-0.15, -0.1) is 11.8 Å². The highest BCUT2D eigenvalue weighted by Crippen LogP contribution is 2.22. The molecule has 0 aliphatic heterocycles. The zero-order valence-corrected chi connectivity index (χ0v) is 14.3. The summed E-state index contributed by atoms with van der Waals surface area (Å²) in [6.45, 7) is 2.66. The fourth-order valence-electron chi connectivity index (χ4n) is 1.84. The van der Waals surface area contributed by atoms with E-state index in [4.69, 9.17) is 23.8 Å². The highest BCUT2D eigenvalue weighted by molar-refractivity contribution is 7.98. The minimum absolute atomic E-state index is 0.592. The predicted octanol–water partition coefficient (Wildman–Crippen LogP) is 4.86. The Morgan fingerprint density at radius 2 is 1.90 bits per heavy atom. The molecule has 2 N–H and O–H groups in total. The van der Waals surface area contributed by atoms with Gasteiger partial charge < -0.3 is 10.6 Å². The van der Waals surface area contributed by atoms with E-state index in [0.29, 0.717) is 11.7 Å². The van der Waals surface area contributed by atoms with Crippen LogP contribution in [-0.4, -0.2) is 11.4 Å².